The molecule has 0 rings (SSSR count). The summed E-state index contributed by atoms with van der Waals surface area (Å²) in [6.07, 6.45) is 8.00. The van der Waals surface area contributed by atoms with E-state index in [0.29, 0.717) is 11.8 Å². The molecule has 0 fully saturated rings. The zero-order valence-electron chi connectivity index (χ0n) is 15.0. The summed E-state index contributed by atoms with van der Waals surface area (Å²) in [4.78, 5) is 2.65. The molecule has 0 aliphatic rings. The van der Waals surface area contributed by atoms with Crippen LogP contribution >= 0.6 is 0 Å². The molecule has 1 atom stereocenters. The number of rotatable bonds is 12. The normalized spacial score (nSPS) is 15.3. The Kier molecular flexibility index (Phi) is 10.6. The van der Waals surface area contributed by atoms with Gasteiger partial charge < -0.3 is 5.73 Å². The summed E-state index contributed by atoms with van der Waals surface area (Å²) < 4.78 is 0. The van der Waals surface area contributed by atoms with Gasteiger partial charge in [-0.15, -0.1) is 0 Å². The van der Waals surface area contributed by atoms with Gasteiger partial charge in [0.05, 0.1) is 0 Å². The smallest absolute Gasteiger partial charge is 0.0303 e. The SMILES string of the molecule is CCCCCCCC(C)(CN)N(CC(C)C)CC(C)C. The minimum atomic E-state index is 0.181. The van der Waals surface area contributed by atoms with E-state index in [4.69, 9.17) is 5.73 Å². The summed E-state index contributed by atoms with van der Waals surface area (Å²) in [5.41, 5.74) is 6.34. The highest BCUT2D eigenvalue weighted by molar-refractivity contribution is 4.88. The minimum absolute atomic E-state index is 0.181. The molecule has 20 heavy (non-hydrogen) atoms. The van der Waals surface area contributed by atoms with Crippen molar-refractivity contribution < 1.29 is 0 Å². The first kappa shape index (κ1) is 19.9. The summed E-state index contributed by atoms with van der Waals surface area (Å²) in [5, 5.41) is 0. The average Bonchev–Trinajstić information content (AvgIpc) is 2.36. The van der Waals surface area contributed by atoms with Crippen LogP contribution < -0.4 is 5.73 Å². The lowest BCUT2D eigenvalue weighted by Gasteiger charge is -2.43. The molecule has 0 aromatic heterocycles. The van der Waals surface area contributed by atoms with Gasteiger partial charge in [-0.05, 0) is 25.2 Å². The molecule has 0 aromatic carbocycles. The predicted molar refractivity (Wildman–Crippen MR) is 92.1 cm³/mol. The van der Waals surface area contributed by atoms with Crippen LogP contribution in [0.3, 0.4) is 0 Å². The predicted octanol–water partition coefficient (Wildman–Crippen LogP) is 4.68. The third-order valence-electron chi connectivity index (χ3n) is 4.19. The van der Waals surface area contributed by atoms with Gasteiger partial charge in [0.15, 0.2) is 0 Å². The minimum Gasteiger partial charge on any atom is -0.329 e. The fourth-order valence-corrected chi connectivity index (χ4v) is 2.90. The molecular formula is C18H40N2. The van der Waals surface area contributed by atoms with Gasteiger partial charge in [-0.3, -0.25) is 4.90 Å². The van der Waals surface area contributed by atoms with Crippen molar-refractivity contribution in [2.75, 3.05) is 19.6 Å². The highest BCUT2D eigenvalue weighted by atomic mass is 15.2. The highest BCUT2D eigenvalue weighted by Gasteiger charge is 2.30. The first-order chi connectivity index (χ1) is 9.35. The molecule has 0 saturated heterocycles. The molecule has 2 N–H and O–H groups in total. The lowest BCUT2D eigenvalue weighted by molar-refractivity contribution is 0.0723. The first-order valence-corrected chi connectivity index (χ1v) is 8.80. The van der Waals surface area contributed by atoms with E-state index in [0.717, 1.165) is 6.54 Å². The Balaban J connectivity index is 4.49. The van der Waals surface area contributed by atoms with Crippen molar-refractivity contribution in [3.63, 3.8) is 0 Å². The van der Waals surface area contributed by atoms with Crippen molar-refractivity contribution in [2.45, 2.75) is 85.6 Å². The van der Waals surface area contributed by atoms with E-state index in [1.165, 1.54) is 51.6 Å². The maximum absolute atomic E-state index is 6.16. The molecule has 0 aliphatic heterocycles. The molecular weight excluding hydrogens is 244 g/mol. The molecule has 2 heteroatoms. The maximum atomic E-state index is 6.16. The third-order valence-corrected chi connectivity index (χ3v) is 4.19. The van der Waals surface area contributed by atoms with E-state index in [2.05, 4.69) is 46.4 Å². The van der Waals surface area contributed by atoms with E-state index in [1.54, 1.807) is 0 Å². The number of nitrogens with zero attached hydrogens (tertiary/aromatic N) is 1. The first-order valence-electron chi connectivity index (χ1n) is 8.80. The monoisotopic (exact) mass is 284 g/mol. The van der Waals surface area contributed by atoms with Crippen LogP contribution in [-0.4, -0.2) is 30.1 Å². The van der Waals surface area contributed by atoms with Gasteiger partial charge in [-0.1, -0.05) is 66.7 Å². The van der Waals surface area contributed by atoms with Crippen LogP contribution in [-0.2, 0) is 0 Å². The Morgan fingerprint density at radius 2 is 1.40 bits per heavy atom. The van der Waals surface area contributed by atoms with Crippen LogP contribution in [0.2, 0.25) is 0 Å². The second-order valence-corrected chi connectivity index (χ2v) is 7.56. The fraction of sp³-hybridized carbons (Fsp3) is 1.00. The van der Waals surface area contributed by atoms with Gasteiger partial charge in [0, 0.05) is 25.2 Å². The molecule has 0 bridgehead atoms. The average molecular weight is 285 g/mol. The van der Waals surface area contributed by atoms with E-state index in [-0.39, 0.29) is 5.54 Å². The van der Waals surface area contributed by atoms with Gasteiger partial charge in [-0.25, -0.2) is 0 Å². The van der Waals surface area contributed by atoms with Gasteiger partial charge >= 0.3 is 0 Å². The number of nitrogens with two attached hydrogens (primary N) is 1. The quantitative estimate of drug-likeness (QED) is 0.527. The van der Waals surface area contributed by atoms with E-state index in [1.807, 2.05) is 0 Å². The fourth-order valence-electron chi connectivity index (χ4n) is 2.90. The third kappa shape index (κ3) is 8.26. The van der Waals surface area contributed by atoms with Crippen LogP contribution in [0, 0.1) is 11.8 Å². The van der Waals surface area contributed by atoms with Gasteiger partial charge in [0.2, 0.25) is 0 Å². The van der Waals surface area contributed by atoms with Crippen LogP contribution in [0.1, 0.15) is 80.1 Å². The van der Waals surface area contributed by atoms with Crippen molar-refractivity contribution in [2.24, 2.45) is 17.6 Å². The Hall–Kier alpha value is -0.0800. The van der Waals surface area contributed by atoms with Gasteiger partial charge in [0.25, 0.3) is 0 Å². The van der Waals surface area contributed by atoms with E-state index >= 15 is 0 Å². The molecule has 0 spiro atoms. The van der Waals surface area contributed by atoms with Crippen LogP contribution in [0.25, 0.3) is 0 Å². The molecule has 2 nitrogen and oxygen atoms in total. The second-order valence-electron chi connectivity index (χ2n) is 7.56. The molecule has 122 valence electrons. The molecule has 0 aliphatic carbocycles. The van der Waals surface area contributed by atoms with Crippen LogP contribution in [0.4, 0.5) is 0 Å². The summed E-state index contributed by atoms with van der Waals surface area (Å²) in [5.74, 6) is 1.42. The maximum Gasteiger partial charge on any atom is 0.0303 e. The summed E-state index contributed by atoms with van der Waals surface area (Å²) in [6.45, 7) is 17.0. The van der Waals surface area contributed by atoms with Gasteiger partial charge in [0.1, 0.15) is 0 Å². The van der Waals surface area contributed by atoms with Gasteiger partial charge in [-0.2, -0.15) is 0 Å². The lowest BCUT2D eigenvalue weighted by Crippen LogP contribution is -2.54. The van der Waals surface area contributed by atoms with Crippen molar-refractivity contribution in [3.8, 4) is 0 Å². The van der Waals surface area contributed by atoms with E-state index in [9.17, 15) is 0 Å². The largest absolute Gasteiger partial charge is 0.329 e. The highest BCUT2D eigenvalue weighted by Crippen LogP contribution is 2.24. The van der Waals surface area contributed by atoms with E-state index < -0.39 is 0 Å². The molecule has 0 heterocycles. The zero-order valence-corrected chi connectivity index (χ0v) is 15.0. The Labute approximate surface area is 128 Å². The van der Waals surface area contributed by atoms with Crippen LogP contribution in [0.5, 0.6) is 0 Å². The van der Waals surface area contributed by atoms with Crippen molar-refractivity contribution in [3.05, 3.63) is 0 Å². The molecule has 0 radical (unpaired) electrons. The topological polar surface area (TPSA) is 29.3 Å². The summed E-state index contributed by atoms with van der Waals surface area (Å²) >= 11 is 0. The molecule has 0 saturated carbocycles. The Bertz CT molecular complexity index is 215. The number of hydrogen-bond donors (Lipinski definition) is 1. The lowest BCUT2D eigenvalue weighted by atomic mass is 9.90. The Morgan fingerprint density at radius 1 is 0.900 bits per heavy atom. The molecule has 0 amide bonds. The molecule has 1 unspecified atom stereocenters. The summed E-state index contributed by atoms with van der Waals surface area (Å²) in [7, 11) is 0. The number of hydrogen-bond acceptors (Lipinski definition) is 2. The van der Waals surface area contributed by atoms with Crippen molar-refractivity contribution >= 4 is 0 Å². The zero-order chi connectivity index (χ0) is 15.6. The van der Waals surface area contributed by atoms with Crippen LogP contribution in [0.15, 0.2) is 0 Å². The number of unbranched alkanes of at least 4 members (excludes halogenated alkanes) is 4. The summed E-state index contributed by atoms with van der Waals surface area (Å²) in [6, 6.07) is 0. The van der Waals surface area contributed by atoms with Crippen molar-refractivity contribution in [1.29, 1.82) is 0 Å². The molecule has 0 aromatic rings. The van der Waals surface area contributed by atoms with Crippen molar-refractivity contribution in [1.82, 2.24) is 4.90 Å². The Morgan fingerprint density at radius 3 is 1.80 bits per heavy atom. The standard InChI is InChI=1S/C18H40N2/c1-7-8-9-10-11-12-18(6,15-19)20(13-16(2)3)14-17(4)5/h16-17H,7-15,19H2,1-6H3. The second kappa shape index (κ2) is 10.6.